The predicted molar refractivity (Wildman–Crippen MR) is 140 cm³/mol. The number of piperidine rings is 1. The van der Waals surface area contributed by atoms with E-state index in [0.717, 1.165) is 32.2 Å². The molecular weight excluding hydrogens is 502 g/mol. The Kier molecular flexibility index (Phi) is 6.82. The van der Waals surface area contributed by atoms with Crippen molar-refractivity contribution in [1.82, 2.24) is 9.71 Å². The van der Waals surface area contributed by atoms with Crippen LogP contribution in [-0.2, 0) is 20.0 Å². The van der Waals surface area contributed by atoms with Gasteiger partial charge in [0.15, 0.2) is 0 Å². The topological polar surface area (TPSA) is 138 Å². The van der Waals surface area contributed by atoms with Crippen LogP contribution in [-0.4, -0.2) is 52.6 Å². The van der Waals surface area contributed by atoms with Crippen LogP contribution in [0.2, 0.25) is 0 Å². The largest absolute Gasteiger partial charge is 0.356 e. The molecule has 196 valence electrons. The molecule has 4 rings (SSSR count). The van der Waals surface area contributed by atoms with Crippen molar-refractivity contribution in [3.63, 3.8) is 0 Å². The van der Waals surface area contributed by atoms with E-state index in [0.29, 0.717) is 16.9 Å². The molecule has 1 aliphatic heterocycles. The van der Waals surface area contributed by atoms with Crippen LogP contribution in [0.25, 0.3) is 0 Å². The molecule has 2 aromatic rings. The summed E-state index contributed by atoms with van der Waals surface area (Å²) in [5.41, 5.74) is 0.348. The second kappa shape index (κ2) is 9.31. The van der Waals surface area contributed by atoms with Gasteiger partial charge in [-0.25, -0.2) is 26.5 Å². The standard InChI is InChI=1S/C24H33N5O5S2/c1-23(2,3)28-36(33,34)18-7-5-6-17(16-18)25-22(30)19-8-9-20(27-35(4,31)32)26-21(19)29-14-12-24(10-11-24)13-15-29/h5-9,16,28H,10-15H2,1-4H3,(H,25,30)(H,26,27). The predicted octanol–water partition coefficient (Wildman–Crippen LogP) is 3.16. The van der Waals surface area contributed by atoms with E-state index < -0.39 is 31.5 Å². The molecule has 1 spiro atoms. The quantitative estimate of drug-likeness (QED) is 0.495. The molecule has 2 fully saturated rings. The lowest BCUT2D eigenvalue weighted by molar-refractivity contribution is 0.102. The van der Waals surface area contributed by atoms with Crippen molar-refractivity contribution in [1.29, 1.82) is 0 Å². The first-order valence-corrected chi connectivity index (χ1v) is 15.2. The number of benzene rings is 1. The third-order valence-electron chi connectivity index (χ3n) is 6.33. The number of carbonyl (C=O) groups excluding carboxylic acids is 1. The number of aromatic nitrogens is 1. The van der Waals surface area contributed by atoms with Crippen LogP contribution in [0.3, 0.4) is 0 Å². The molecule has 10 nitrogen and oxygen atoms in total. The summed E-state index contributed by atoms with van der Waals surface area (Å²) in [5, 5.41) is 2.77. The van der Waals surface area contributed by atoms with E-state index in [9.17, 15) is 21.6 Å². The third-order valence-corrected chi connectivity index (χ3v) is 8.67. The van der Waals surface area contributed by atoms with E-state index >= 15 is 0 Å². The molecule has 3 N–H and O–H groups in total. The second-order valence-corrected chi connectivity index (χ2v) is 14.2. The van der Waals surface area contributed by atoms with Gasteiger partial charge in [-0.15, -0.1) is 0 Å². The van der Waals surface area contributed by atoms with Crippen LogP contribution >= 0.6 is 0 Å². The number of carbonyl (C=O) groups is 1. The maximum Gasteiger partial charge on any atom is 0.259 e. The molecule has 0 bridgehead atoms. The smallest absolute Gasteiger partial charge is 0.259 e. The average Bonchev–Trinajstić information content (AvgIpc) is 3.50. The molecule has 36 heavy (non-hydrogen) atoms. The van der Waals surface area contributed by atoms with Crippen LogP contribution in [0.5, 0.6) is 0 Å². The Bertz CT molecular complexity index is 1370. The van der Waals surface area contributed by atoms with Gasteiger partial charge in [0.05, 0.1) is 16.7 Å². The molecule has 1 amide bonds. The number of nitrogens with zero attached hydrogens (tertiary/aromatic N) is 2. The first-order chi connectivity index (χ1) is 16.6. The van der Waals surface area contributed by atoms with E-state index in [-0.39, 0.29) is 16.3 Å². The first kappa shape index (κ1) is 26.4. The molecule has 0 radical (unpaired) electrons. The minimum absolute atomic E-state index is 0.0343. The molecule has 2 heterocycles. The monoisotopic (exact) mass is 535 g/mol. The third kappa shape index (κ3) is 6.54. The van der Waals surface area contributed by atoms with Crippen molar-refractivity contribution < 1.29 is 21.6 Å². The SMILES string of the molecule is CC(C)(C)NS(=O)(=O)c1cccc(NC(=O)c2ccc(NS(C)(=O)=O)nc2N2CCC3(CC2)CC3)c1. The molecule has 0 unspecified atom stereocenters. The van der Waals surface area contributed by atoms with Crippen molar-refractivity contribution in [2.24, 2.45) is 5.41 Å². The van der Waals surface area contributed by atoms with Gasteiger partial charge in [0.2, 0.25) is 20.0 Å². The maximum atomic E-state index is 13.3. The van der Waals surface area contributed by atoms with Gasteiger partial charge in [0.25, 0.3) is 5.91 Å². The molecule has 1 aliphatic carbocycles. The van der Waals surface area contributed by atoms with Crippen molar-refractivity contribution in [3.8, 4) is 0 Å². The summed E-state index contributed by atoms with van der Waals surface area (Å²) in [4.78, 5) is 19.8. The van der Waals surface area contributed by atoms with Gasteiger partial charge >= 0.3 is 0 Å². The number of rotatable bonds is 7. The Morgan fingerprint density at radius 2 is 1.67 bits per heavy atom. The number of hydrogen-bond acceptors (Lipinski definition) is 7. The van der Waals surface area contributed by atoms with Gasteiger partial charge in [-0.2, -0.15) is 0 Å². The number of anilines is 3. The molecule has 2 aliphatic rings. The van der Waals surface area contributed by atoms with Gasteiger partial charge in [-0.1, -0.05) is 6.07 Å². The Balaban J connectivity index is 1.61. The van der Waals surface area contributed by atoms with Gasteiger partial charge in [0, 0.05) is 24.3 Å². The van der Waals surface area contributed by atoms with E-state index in [1.165, 1.54) is 37.1 Å². The fraction of sp³-hybridized carbons (Fsp3) is 0.500. The maximum absolute atomic E-state index is 13.3. The lowest BCUT2D eigenvalue weighted by Crippen LogP contribution is -2.40. The fourth-order valence-electron chi connectivity index (χ4n) is 4.38. The summed E-state index contributed by atoms with van der Waals surface area (Å²) in [6.45, 7) is 6.69. The summed E-state index contributed by atoms with van der Waals surface area (Å²) in [6, 6.07) is 9.01. The molecule has 1 saturated heterocycles. The van der Waals surface area contributed by atoms with E-state index in [4.69, 9.17) is 0 Å². The van der Waals surface area contributed by atoms with Gasteiger partial charge in [-0.3, -0.25) is 9.52 Å². The molecule has 1 aromatic carbocycles. The molecule has 0 atom stereocenters. The van der Waals surface area contributed by atoms with Crippen LogP contribution in [0.15, 0.2) is 41.3 Å². The summed E-state index contributed by atoms with van der Waals surface area (Å²) in [7, 11) is -7.32. The Labute approximate surface area is 213 Å². The zero-order chi connectivity index (χ0) is 26.4. The molecule has 12 heteroatoms. The molecular formula is C24H33N5O5S2. The highest BCUT2D eigenvalue weighted by atomic mass is 32.2. The van der Waals surface area contributed by atoms with Crippen molar-refractivity contribution >= 4 is 43.3 Å². The average molecular weight is 536 g/mol. The molecule has 1 aromatic heterocycles. The van der Waals surface area contributed by atoms with E-state index in [1.54, 1.807) is 32.9 Å². The van der Waals surface area contributed by atoms with Gasteiger partial charge < -0.3 is 10.2 Å². The van der Waals surface area contributed by atoms with E-state index in [1.807, 2.05) is 4.90 Å². The van der Waals surface area contributed by atoms with Crippen molar-refractivity contribution in [3.05, 3.63) is 42.0 Å². The number of nitrogens with one attached hydrogen (secondary N) is 3. The van der Waals surface area contributed by atoms with Crippen LogP contribution < -0.4 is 19.7 Å². The fourth-order valence-corrected chi connectivity index (χ4v) is 6.34. The summed E-state index contributed by atoms with van der Waals surface area (Å²) >= 11 is 0. The first-order valence-electron chi connectivity index (χ1n) is 11.8. The van der Waals surface area contributed by atoms with Gasteiger partial charge in [0.1, 0.15) is 11.6 Å². The Morgan fingerprint density at radius 1 is 1.00 bits per heavy atom. The van der Waals surface area contributed by atoms with Crippen LogP contribution in [0.4, 0.5) is 17.3 Å². The van der Waals surface area contributed by atoms with Crippen molar-refractivity contribution in [2.45, 2.75) is 56.9 Å². The second-order valence-electron chi connectivity index (χ2n) is 10.8. The zero-order valence-corrected chi connectivity index (χ0v) is 22.6. The summed E-state index contributed by atoms with van der Waals surface area (Å²) < 4.78 is 53.9. The number of pyridine rings is 1. The van der Waals surface area contributed by atoms with E-state index in [2.05, 4.69) is 19.7 Å². The number of sulfonamides is 2. The van der Waals surface area contributed by atoms with Crippen LogP contribution in [0.1, 0.15) is 56.8 Å². The Morgan fingerprint density at radius 3 is 2.25 bits per heavy atom. The normalized spacial score (nSPS) is 17.6. The minimum atomic E-state index is -3.78. The lowest BCUT2D eigenvalue weighted by atomic mass is 9.93. The van der Waals surface area contributed by atoms with Crippen molar-refractivity contribution in [2.75, 3.05) is 34.3 Å². The number of hydrogen-bond donors (Lipinski definition) is 3. The Hall–Kier alpha value is -2.70. The highest BCUT2D eigenvalue weighted by molar-refractivity contribution is 7.92. The highest BCUT2D eigenvalue weighted by Crippen LogP contribution is 2.54. The number of amides is 1. The zero-order valence-electron chi connectivity index (χ0n) is 21.0. The summed E-state index contributed by atoms with van der Waals surface area (Å²) in [5.74, 6) is 0.0698. The van der Waals surface area contributed by atoms with Gasteiger partial charge in [-0.05, 0) is 82.2 Å². The lowest BCUT2D eigenvalue weighted by Gasteiger charge is -2.34. The summed E-state index contributed by atoms with van der Waals surface area (Å²) in [6.07, 6.45) is 5.49. The highest BCUT2D eigenvalue weighted by Gasteiger charge is 2.45. The molecule has 1 saturated carbocycles. The van der Waals surface area contributed by atoms with Crippen LogP contribution in [0, 0.1) is 5.41 Å². The minimum Gasteiger partial charge on any atom is -0.356 e.